The van der Waals surface area contributed by atoms with Crippen molar-refractivity contribution in [3.8, 4) is 11.3 Å². The molecule has 0 saturated heterocycles. The van der Waals surface area contributed by atoms with Crippen LogP contribution >= 0.6 is 0 Å². The van der Waals surface area contributed by atoms with Gasteiger partial charge in [-0.3, -0.25) is 0 Å². The van der Waals surface area contributed by atoms with E-state index in [4.69, 9.17) is 5.73 Å². The topological polar surface area (TPSA) is 41.8 Å². The highest BCUT2D eigenvalue weighted by Gasteiger charge is 2.01. The lowest BCUT2D eigenvalue weighted by Gasteiger charge is -2.00. The van der Waals surface area contributed by atoms with Crippen LogP contribution in [-0.4, -0.2) is 4.98 Å². The average Bonchev–Trinajstić information content (AvgIpc) is 2.62. The van der Waals surface area contributed by atoms with Gasteiger partial charge in [0.15, 0.2) is 0 Å². The number of aromatic amines is 1. The van der Waals surface area contributed by atoms with Crippen molar-refractivity contribution in [2.24, 2.45) is 0 Å². The maximum atomic E-state index is 12.8. The molecule has 3 heteroatoms. The van der Waals surface area contributed by atoms with E-state index in [0.717, 1.165) is 11.3 Å². The lowest BCUT2D eigenvalue weighted by atomic mass is 10.1. The number of rotatable bonds is 1. The SMILES string of the molecule is Nc1cc(-c2ccc[nH]2)ccc1F. The van der Waals surface area contributed by atoms with Crippen LogP contribution in [0.4, 0.5) is 10.1 Å². The first-order valence-corrected chi connectivity index (χ1v) is 3.96. The fraction of sp³-hybridized carbons (Fsp3) is 0. The Morgan fingerprint density at radius 2 is 2.08 bits per heavy atom. The molecule has 0 radical (unpaired) electrons. The lowest BCUT2D eigenvalue weighted by molar-refractivity contribution is 0.632. The van der Waals surface area contributed by atoms with Gasteiger partial charge in [-0.2, -0.15) is 0 Å². The summed E-state index contributed by atoms with van der Waals surface area (Å²) in [4.78, 5) is 3.02. The van der Waals surface area contributed by atoms with Crippen molar-refractivity contribution >= 4 is 5.69 Å². The van der Waals surface area contributed by atoms with E-state index in [1.54, 1.807) is 12.1 Å². The van der Waals surface area contributed by atoms with E-state index < -0.39 is 0 Å². The molecule has 1 heterocycles. The smallest absolute Gasteiger partial charge is 0.146 e. The number of H-pyrrole nitrogens is 1. The molecule has 13 heavy (non-hydrogen) atoms. The van der Waals surface area contributed by atoms with Crippen molar-refractivity contribution in [3.05, 3.63) is 42.3 Å². The zero-order valence-electron chi connectivity index (χ0n) is 6.92. The van der Waals surface area contributed by atoms with E-state index in [9.17, 15) is 4.39 Å². The molecular formula is C10H9FN2. The van der Waals surface area contributed by atoms with E-state index in [1.165, 1.54) is 6.07 Å². The largest absolute Gasteiger partial charge is 0.396 e. The molecule has 0 fully saturated rings. The summed E-state index contributed by atoms with van der Waals surface area (Å²) in [6, 6.07) is 8.46. The number of hydrogen-bond acceptors (Lipinski definition) is 1. The van der Waals surface area contributed by atoms with Gasteiger partial charge in [-0.25, -0.2) is 4.39 Å². The fourth-order valence-corrected chi connectivity index (χ4v) is 1.22. The number of halogens is 1. The standard InChI is InChI=1S/C10H9FN2/c11-8-4-3-7(6-9(8)12)10-2-1-5-13-10/h1-6,13H,12H2. The molecule has 3 N–H and O–H groups in total. The zero-order valence-corrected chi connectivity index (χ0v) is 6.92. The van der Waals surface area contributed by atoms with Crippen LogP contribution in [0, 0.1) is 5.82 Å². The van der Waals surface area contributed by atoms with Gasteiger partial charge in [-0.1, -0.05) is 0 Å². The third-order valence-electron chi connectivity index (χ3n) is 1.90. The van der Waals surface area contributed by atoms with Crippen molar-refractivity contribution in [1.29, 1.82) is 0 Å². The van der Waals surface area contributed by atoms with Crippen LogP contribution in [0.2, 0.25) is 0 Å². The van der Waals surface area contributed by atoms with E-state index in [0.29, 0.717) is 0 Å². The van der Waals surface area contributed by atoms with Crippen molar-refractivity contribution in [3.63, 3.8) is 0 Å². The Kier molecular flexibility index (Phi) is 1.77. The third-order valence-corrected chi connectivity index (χ3v) is 1.90. The molecule has 1 aromatic carbocycles. The minimum atomic E-state index is -0.379. The molecule has 0 atom stereocenters. The van der Waals surface area contributed by atoms with E-state index >= 15 is 0 Å². The Hall–Kier alpha value is -1.77. The molecule has 2 nitrogen and oxygen atoms in total. The molecule has 0 amide bonds. The monoisotopic (exact) mass is 176 g/mol. The molecule has 0 aliphatic carbocycles. The first-order valence-electron chi connectivity index (χ1n) is 3.96. The maximum Gasteiger partial charge on any atom is 0.146 e. The number of hydrogen-bond donors (Lipinski definition) is 2. The molecule has 0 saturated carbocycles. The summed E-state index contributed by atoms with van der Waals surface area (Å²) in [5.74, 6) is -0.379. The summed E-state index contributed by atoms with van der Waals surface area (Å²) in [6.45, 7) is 0. The number of anilines is 1. The highest BCUT2D eigenvalue weighted by molar-refractivity contribution is 5.64. The second-order valence-corrected chi connectivity index (χ2v) is 2.82. The predicted octanol–water partition coefficient (Wildman–Crippen LogP) is 2.40. The van der Waals surface area contributed by atoms with Crippen LogP contribution in [0.3, 0.4) is 0 Å². The molecular weight excluding hydrogens is 167 g/mol. The van der Waals surface area contributed by atoms with E-state index in [2.05, 4.69) is 4.98 Å². The Bertz CT molecular complexity index is 407. The summed E-state index contributed by atoms with van der Waals surface area (Å²) in [5, 5.41) is 0. The lowest BCUT2D eigenvalue weighted by Crippen LogP contribution is -1.90. The van der Waals surface area contributed by atoms with Crippen LogP contribution in [0.15, 0.2) is 36.5 Å². The van der Waals surface area contributed by atoms with Crippen molar-refractivity contribution in [2.75, 3.05) is 5.73 Å². The van der Waals surface area contributed by atoms with Crippen LogP contribution in [0.5, 0.6) is 0 Å². The van der Waals surface area contributed by atoms with E-state index in [-0.39, 0.29) is 11.5 Å². The highest BCUT2D eigenvalue weighted by Crippen LogP contribution is 2.21. The fourth-order valence-electron chi connectivity index (χ4n) is 1.22. The number of nitrogens with two attached hydrogens (primary N) is 1. The van der Waals surface area contributed by atoms with Crippen LogP contribution < -0.4 is 5.73 Å². The third kappa shape index (κ3) is 1.40. The normalized spacial score (nSPS) is 10.2. The minimum Gasteiger partial charge on any atom is -0.396 e. The maximum absolute atomic E-state index is 12.8. The molecule has 0 spiro atoms. The summed E-state index contributed by atoms with van der Waals surface area (Å²) in [7, 11) is 0. The van der Waals surface area contributed by atoms with Gasteiger partial charge in [-0.05, 0) is 30.3 Å². The Morgan fingerprint density at radius 1 is 1.23 bits per heavy atom. The molecule has 1 aromatic heterocycles. The van der Waals surface area contributed by atoms with Gasteiger partial charge in [0, 0.05) is 17.5 Å². The van der Waals surface area contributed by atoms with Crippen LogP contribution in [0.25, 0.3) is 11.3 Å². The van der Waals surface area contributed by atoms with Gasteiger partial charge in [-0.15, -0.1) is 0 Å². The average molecular weight is 176 g/mol. The van der Waals surface area contributed by atoms with Gasteiger partial charge in [0.2, 0.25) is 0 Å². The van der Waals surface area contributed by atoms with Crippen LogP contribution in [-0.2, 0) is 0 Å². The van der Waals surface area contributed by atoms with Gasteiger partial charge in [0.1, 0.15) is 5.82 Å². The van der Waals surface area contributed by atoms with Gasteiger partial charge in [0.25, 0.3) is 0 Å². The Morgan fingerprint density at radius 3 is 2.69 bits per heavy atom. The number of aromatic nitrogens is 1. The summed E-state index contributed by atoms with van der Waals surface area (Å²) < 4.78 is 12.8. The molecule has 0 aliphatic rings. The highest BCUT2D eigenvalue weighted by atomic mass is 19.1. The van der Waals surface area contributed by atoms with Crippen molar-refractivity contribution < 1.29 is 4.39 Å². The van der Waals surface area contributed by atoms with Gasteiger partial charge >= 0.3 is 0 Å². The van der Waals surface area contributed by atoms with Crippen LogP contribution in [0.1, 0.15) is 0 Å². The quantitative estimate of drug-likeness (QED) is 0.643. The first kappa shape index (κ1) is 7.86. The molecule has 0 unspecified atom stereocenters. The summed E-state index contributed by atoms with van der Waals surface area (Å²) >= 11 is 0. The summed E-state index contributed by atoms with van der Waals surface area (Å²) in [5.41, 5.74) is 7.44. The van der Waals surface area contributed by atoms with Crippen molar-refractivity contribution in [1.82, 2.24) is 4.98 Å². The molecule has 0 aliphatic heterocycles. The molecule has 2 rings (SSSR count). The number of benzene rings is 1. The molecule has 66 valence electrons. The number of nitrogens with one attached hydrogen (secondary N) is 1. The minimum absolute atomic E-state index is 0.173. The number of nitrogen functional groups attached to an aromatic ring is 1. The second-order valence-electron chi connectivity index (χ2n) is 2.82. The predicted molar refractivity (Wildman–Crippen MR) is 50.6 cm³/mol. The zero-order chi connectivity index (χ0) is 9.26. The van der Waals surface area contributed by atoms with E-state index in [1.807, 2.05) is 18.3 Å². The second kappa shape index (κ2) is 2.94. The molecule has 2 aromatic rings. The van der Waals surface area contributed by atoms with Gasteiger partial charge in [0.05, 0.1) is 5.69 Å². The van der Waals surface area contributed by atoms with Crippen molar-refractivity contribution in [2.45, 2.75) is 0 Å². The van der Waals surface area contributed by atoms with Gasteiger partial charge < -0.3 is 10.7 Å². The molecule has 0 bridgehead atoms. The Labute approximate surface area is 75.2 Å². The first-order chi connectivity index (χ1) is 6.27. The Balaban J connectivity index is 2.49. The summed E-state index contributed by atoms with van der Waals surface area (Å²) in [6.07, 6.45) is 1.81.